The molecule has 356 valence electrons. The molecular weight excluding hydrogens is 948 g/mol. The molecule has 0 saturated carbocycles. The van der Waals surface area contributed by atoms with E-state index in [0.29, 0.717) is 0 Å². The van der Waals surface area contributed by atoms with Crippen molar-refractivity contribution in [3.05, 3.63) is 0 Å². The summed E-state index contributed by atoms with van der Waals surface area (Å²) in [5.41, 5.74) is 0. The Kier molecular flexibility index (Phi) is 15.1. The lowest BCUT2D eigenvalue weighted by Crippen LogP contribution is -2.74. The van der Waals surface area contributed by atoms with Gasteiger partial charge in [-0.1, -0.05) is 0 Å². The first-order chi connectivity index (χ1) is 25.2. The fourth-order valence-corrected chi connectivity index (χ4v) is 4.03. The maximum atomic E-state index is 13.9. The van der Waals surface area contributed by atoms with E-state index < -0.39 is 147 Å². The third-order valence-electron chi connectivity index (χ3n) is 7.76. The van der Waals surface area contributed by atoms with Crippen molar-refractivity contribution in [2.75, 3.05) is 13.1 Å². The lowest BCUT2D eigenvalue weighted by Gasteiger charge is -2.42. The molecule has 0 aromatic carbocycles. The second-order valence-corrected chi connectivity index (χ2v) is 12.0. The van der Waals surface area contributed by atoms with Crippen molar-refractivity contribution in [3.8, 4) is 0 Å². The molecule has 0 aromatic rings. The van der Waals surface area contributed by atoms with E-state index in [1.807, 2.05) is 0 Å². The van der Waals surface area contributed by atoms with E-state index in [1.165, 1.54) is 0 Å². The summed E-state index contributed by atoms with van der Waals surface area (Å²) >= 11 is 0. The summed E-state index contributed by atoms with van der Waals surface area (Å²) in [5, 5.41) is 1.78. The molecule has 0 spiro atoms. The van der Waals surface area contributed by atoms with Gasteiger partial charge in [-0.15, -0.1) is 0 Å². The Morgan fingerprint density at radius 3 is 0.559 bits per heavy atom. The monoisotopic (exact) mass is 965 g/mol. The third kappa shape index (κ3) is 8.43. The molecule has 35 heteroatoms. The summed E-state index contributed by atoms with van der Waals surface area (Å²) in [6.07, 6.45) is -27.6. The zero-order valence-corrected chi connectivity index (χ0v) is 27.0. The fourth-order valence-electron chi connectivity index (χ4n) is 4.03. The standard InChI is InChI=1S/C24H17F34N/c25-9(26,11(29,30)13(33,34)15(37,38)17(41,42)19(45,46)21(49,50)23(53,54)55)5-1-3-7-59-8-4-2-6-10(27,28)12(31,32)14(35,36)16(39,40)18(43,44)20(47,48)22(51,52)24(56,57)58/h59H,1-8H2. The SMILES string of the molecule is FC(F)(F)C(F)(F)C(F)(F)C(F)(F)C(F)(F)C(F)(F)C(F)(F)C(F)(F)CCCCNCCCCC(F)(F)C(F)(F)C(F)(F)C(F)(F)C(F)(F)C(F)(F)C(F)(F)C(F)(F)F. The van der Waals surface area contributed by atoms with Crippen LogP contribution in [0, 0.1) is 0 Å². The van der Waals surface area contributed by atoms with E-state index >= 15 is 0 Å². The van der Waals surface area contributed by atoms with Gasteiger partial charge in [-0.2, -0.15) is 149 Å². The minimum absolute atomic E-state index is 1.05. The fraction of sp³-hybridized carbons (Fsp3) is 1.00. The summed E-state index contributed by atoms with van der Waals surface area (Å²) in [7, 11) is 0. The predicted molar refractivity (Wildman–Crippen MR) is 122 cm³/mol. The van der Waals surface area contributed by atoms with Crippen LogP contribution in [-0.2, 0) is 0 Å². The Morgan fingerprint density at radius 2 is 0.373 bits per heavy atom. The summed E-state index contributed by atoms with van der Waals surface area (Å²) in [5.74, 6) is -117. The maximum absolute atomic E-state index is 13.9. The minimum Gasteiger partial charge on any atom is -0.317 e. The molecule has 0 atom stereocenters. The summed E-state index contributed by atoms with van der Waals surface area (Å²) < 4.78 is 451. The molecule has 0 radical (unpaired) electrons. The summed E-state index contributed by atoms with van der Waals surface area (Å²) in [6, 6.07) is 0. The smallest absolute Gasteiger partial charge is 0.317 e. The molecule has 0 aliphatic carbocycles. The molecule has 0 rings (SSSR count). The molecule has 0 unspecified atom stereocenters. The van der Waals surface area contributed by atoms with Gasteiger partial charge < -0.3 is 5.32 Å². The van der Waals surface area contributed by atoms with Gasteiger partial charge in [0.2, 0.25) is 0 Å². The normalized spacial score (nSPS) is 16.6. The van der Waals surface area contributed by atoms with Crippen molar-refractivity contribution in [1.82, 2.24) is 5.32 Å². The van der Waals surface area contributed by atoms with Crippen LogP contribution in [0.2, 0.25) is 0 Å². The van der Waals surface area contributed by atoms with E-state index in [4.69, 9.17) is 0 Å². The lowest BCUT2D eigenvalue weighted by atomic mass is 9.88. The average molecular weight is 965 g/mol. The first kappa shape index (κ1) is 56.6. The number of rotatable bonds is 22. The van der Waals surface area contributed by atoms with Gasteiger partial charge in [-0.05, 0) is 38.8 Å². The van der Waals surface area contributed by atoms with Gasteiger partial charge in [-0.25, -0.2) is 0 Å². The van der Waals surface area contributed by atoms with Gasteiger partial charge in [0.1, 0.15) is 0 Å². The first-order valence-corrected chi connectivity index (χ1v) is 14.3. The van der Waals surface area contributed by atoms with E-state index in [2.05, 4.69) is 0 Å². The Hall–Kier alpha value is -2.42. The van der Waals surface area contributed by atoms with E-state index in [1.54, 1.807) is 5.32 Å². The van der Waals surface area contributed by atoms with Gasteiger partial charge in [0.15, 0.2) is 0 Å². The molecule has 0 fully saturated rings. The van der Waals surface area contributed by atoms with E-state index in [-0.39, 0.29) is 0 Å². The highest BCUT2D eigenvalue weighted by Crippen LogP contribution is 2.66. The maximum Gasteiger partial charge on any atom is 0.460 e. The van der Waals surface area contributed by atoms with Crippen molar-refractivity contribution in [1.29, 1.82) is 0 Å². The molecule has 0 heterocycles. The van der Waals surface area contributed by atoms with Crippen LogP contribution in [0.4, 0.5) is 149 Å². The van der Waals surface area contributed by atoms with Crippen molar-refractivity contribution >= 4 is 0 Å². The second kappa shape index (κ2) is 15.7. The van der Waals surface area contributed by atoms with Crippen LogP contribution in [0.5, 0.6) is 0 Å². The highest BCUT2D eigenvalue weighted by Gasteiger charge is 2.96. The number of hydrogen-bond acceptors (Lipinski definition) is 1. The number of hydrogen-bond donors (Lipinski definition) is 1. The van der Waals surface area contributed by atoms with Crippen LogP contribution in [0.1, 0.15) is 38.5 Å². The molecular formula is C24H17F34N. The van der Waals surface area contributed by atoms with Gasteiger partial charge in [0.05, 0.1) is 0 Å². The second-order valence-electron chi connectivity index (χ2n) is 12.0. The predicted octanol–water partition coefficient (Wildman–Crippen LogP) is 12.9. The van der Waals surface area contributed by atoms with Gasteiger partial charge >= 0.3 is 95.3 Å². The quantitative estimate of drug-likeness (QED) is 0.0842. The number of alkyl halides is 34. The number of nitrogens with one attached hydrogen (secondary N) is 1. The molecule has 0 aromatic heterocycles. The molecule has 59 heavy (non-hydrogen) atoms. The Bertz CT molecular complexity index is 1300. The minimum atomic E-state index is -8.88. The van der Waals surface area contributed by atoms with E-state index in [0.717, 1.165) is 0 Å². The highest BCUT2D eigenvalue weighted by molar-refractivity contribution is 5.16. The van der Waals surface area contributed by atoms with Gasteiger partial charge in [0, 0.05) is 12.8 Å². The number of halogens is 34. The first-order valence-electron chi connectivity index (χ1n) is 14.3. The highest BCUT2D eigenvalue weighted by atomic mass is 19.4. The zero-order chi connectivity index (χ0) is 48.4. The van der Waals surface area contributed by atoms with E-state index in [9.17, 15) is 149 Å². The van der Waals surface area contributed by atoms with Crippen LogP contribution < -0.4 is 5.32 Å². The molecule has 0 aliphatic heterocycles. The Balaban J connectivity index is 5.66. The average Bonchev–Trinajstić information content (AvgIpc) is 3.01. The van der Waals surface area contributed by atoms with Crippen molar-refractivity contribution in [2.45, 2.75) is 134 Å². The molecule has 0 bridgehead atoms. The molecule has 1 nitrogen and oxygen atoms in total. The summed E-state index contributed by atoms with van der Waals surface area (Å²) in [6.45, 7) is -2.10. The number of unbranched alkanes of at least 4 members (excludes halogenated alkanes) is 2. The lowest BCUT2D eigenvalue weighted by molar-refractivity contribution is -0.461. The molecule has 0 aliphatic rings. The van der Waals surface area contributed by atoms with Gasteiger partial charge in [-0.3, -0.25) is 0 Å². The van der Waals surface area contributed by atoms with Crippen molar-refractivity contribution in [3.63, 3.8) is 0 Å². The van der Waals surface area contributed by atoms with Crippen LogP contribution in [0.3, 0.4) is 0 Å². The third-order valence-corrected chi connectivity index (χ3v) is 7.76. The van der Waals surface area contributed by atoms with Crippen LogP contribution in [0.25, 0.3) is 0 Å². The molecule has 0 saturated heterocycles. The van der Waals surface area contributed by atoms with Crippen LogP contribution >= 0.6 is 0 Å². The molecule has 0 amide bonds. The Morgan fingerprint density at radius 1 is 0.203 bits per heavy atom. The Labute approximate surface area is 302 Å². The van der Waals surface area contributed by atoms with Crippen molar-refractivity contribution in [2.24, 2.45) is 0 Å². The van der Waals surface area contributed by atoms with Gasteiger partial charge in [0.25, 0.3) is 0 Å². The summed E-state index contributed by atoms with van der Waals surface area (Å²) in [4.78, 5) is 0. The van der Waals surface area contributed by atoms with Crippen molar-refractivity contribution < 1.29 is 149 Å². The van der Waals surface area contributed by atoms with Crippen LogP contribution in [-0.4, -0.2) is 108 Å². The largest absolute Gasteiger partial charge is 0.460 e. The topological polar surface area (TPSA) is 12.0 Å². The molecule has 1 N–H and O–H groups in total. The van der Waals surface area contributed by atoms with Crippen LogP contribution in [0.15, 0.2) is 0 Å². The zero-order valence-electron chi connectivity index (χ0n) is 27.0.